The zero-order valence-electron chi connectivity index (χ0n) is 16.9. The molecule has 0 bridgehead atoms. The number of hydrogen-bond acceptors (Lipinski definition) is 3. The Balaban J connectivity index is 1.44. The largest absolute Gasteiger partial charge is 0.350 e. The summed E-state index contributed by atoms with van der Waals surface area (Å²) in [5, 5.41) is 6.16. The van der Waals surface area contributed by atoms with Crippen molar-refractivity contribution in [1.82, 2.24) is 15.1 Å². The molecule has 2 aromatic rings. The van der Waals surface area contributed by atoms with Crippen LogP contribution in [0.25, 0.3) is 0 Å². The van der Waals surface area contributed by atoms with Crippen molar-refractivity contribution in [2.24, 2.45) is 0 Å². The molecule has 2 N–H and O–H groups in total. The molecule has 1 saturated heterocycles. The number of benzene rings is 2. The van der Waals surface area contributed by atoms with E-state index in [1.807, 2.05) is 24.3 Å². The van der Waals surface area contributed by atoms with Gasteiger partial charge in [-0.25, -0.2) is 4.79 Å². The third-order valence-corrected chi connectivity index (χ3v) is 5.21. The third kappa shape index (κ3) is 5.97. The lowest BCUT2D eigenvalue weighted by Crippen LogP contribution is -2.55. The van der Waals surface area contributed by atoms with E-state index in [4.69, 9.17) is 11.6 Å². The Kier molecular flexibility index (Phi) is 7.30. The van der Waals surface area contributed by atoms with Gasteiger partial charge in [-0.05, 0) is 41.8 Å². The minimum absolute atomic E-state index is 0.0154. The van der Waals surface area contributed by atoms with Crippen molar-refractivity contribution in [1.29, 1.82) is 0 Å². The Labute approximate surface area is 181 Å². The Morgan fingerprint density at radius 2 is 1.67 bits per heavy atom. The molecule has 7 nitrogen and oxygen atoms in total. The van der Waals surface area contributed by atoms with Crippen LogP contribution in [0, 0.1) is 0 Å². The van der Waals surface area contributed by atoms with Crippen LogP contribution in [0.15, 0.2) is 48.5 Å². The molecule has 1 fully saturated rings. The van der Waals surface area contributed by atoms with Gasteiger partial charge in [-0.1, -0.05) is 42.8 Å². The molecule has 158 valence electrons. The molecular formula is C22H25ClN4O3. The van der Waals surface area contributed by atoms with Crippen molar-refractivity contribution in [2.45, 2.75) is 19.9 Å². The molecule has 0 unspecified atom stereocenters. The smallest absolute Gasteiger partial charge is 0.322 e. The van der Waals surface area contributed by atoms with E-state index in [1.54, 1.807) is 24.3 Å². The minimum Gasteiger partial charge on any atom is -0.350 e. The van der Waals surface area contributed by atoms with Gasteiger partial charge in [0.05, 0.1) is 6.54 Å². The van der Waals surface area contributed by atoms with E-state index < -0.39 is 0 Å². The zero-order valence-corrected chi connectivity index (χ0v) is 17.6. The van der Waals surface area contributed by atoms with E-state index in [9.17, 15) is 14.4 Å². The number of urea groups is 1. The van der Waals surface area contributed by atoms with Crippen molar-refractivity contribution in [3.63, 3.8) is 0 Å². The van der Waals surface area contributed by atoms with Gasteiger partial charge >= 0.3 is 6.03 Å². The van der Waals surface area contributed by atoms with E-state index in [-0.39, 0.29) is 30.9 Å². The number of aryl methyl sites for hydroxylation is 1. The van der Waals surface area contributed by atoms with Crippen molar-refractivity contribution < 1.29 is 14.4 Å². The van der Waals surface area contributed by atoms with Crippen molar-refractivity contribution >= 4 is 35.1 Å². The Morgan fingerprint density at radius 1 is 1.00 bits per heavy atom. The second kappa shape index (κ2) is 10.1. The fourth-order valence-corrected chi connectivity index (χ4v) is 3.23. The summed E-state index contributed by atoms with van der Waals surface area (Å²) in [5.41, 5.74) is 2.86. The number of anilines is 1. The molecule has 0 spiro atoms. The van der Waals surface area contributed by atoms with Crippen molar-refractivity contribution in [3.8, 4) is 0 Å². The number of halogens is 1. The second-order valence-electron chi connectivity index (χ2n) is 7.12. The molecule has 0 aromatic heterocycles. The van der Waals surface area contributed by atoms with Gasteiger partial charge in [0.25, 0.3) is 0 Å². The van der Waals surface area contributed by atoms with E-state index in [0.29, 0.717) is 30.3 Å². The molecule has 0 radical (unpaired) electrons. The van der Waals surface area contributed by atoms with Crippen LogP contribution in [0.2, 0.25) is 5.02 Å². The summed E-state index contributed by atoms with van der Waals surface area (Å²) < 4.78 is 0. The van der Waals surface area contributed by atoms with Crippen LogP contribution in [0.4, 0.5) is 10.5 Å². The molecule has 1 aliphatic heterocycles. The van der Waals surface area contributed by atoms with Crippen LogP contribution in [-0.4, -0.2) is 53.8 Å². The van der Waals surface area contributed by atoms with Gasteiger partial charge in [-0.3, -0.25) is 9.59 Å². The zero-order chi connectivity index (χ0) is 21.5. The highest BCUT2D eigenvalue weighted by Gasteiger charge is 2.28. The summed E-state index contributed by atoms with van der Waals surface area (Å²) >= 11 is 5.84. The Morgan fingerprint density at radius 3 is 2.30 bits per heavy atom. The van der Waals surface area contributed by atoms with E-state index in [2.05, 4.69) is 17.6 Å². The number of carbonyl (C=O) groups excluding carboxylic acids is 3. The molecule has 2 aromatic carbocycles. The van der Waals surface area contributed by atoms with Crippen molar-refractivity contribution in [3.05, 3.63) is 64.7 Å². The highest BCUT2D eigenvalue weighted by Crippen LogP contribution is 2.14. The monoisotopic (exact) mass is 428 g/mol. The van der Waals surface area contributed by atoms with Gasteiger partial charge in [-0.15, -0.1) is 0 Å². The maximum Gasteiger partial charge on any atom is 0.322 e. The number of nitrogens with one attached hydrogen (secondary N) is 2. The first-order valence-corrected chi connectivity index (χ1v) is 10.3. The lowest BCUT2D eigenvalue weighted by atomic mass is 10.1. The average Bonchev–Trinajstić information content (AvgIpc) is 2.75. The predicted octanol–water partition coefficient (Wildman–Crippen LogP) is 2.89. The van der Waals surface area contributed by atoms with E-state index in [1.165, 1.54) is 15.4 Å². The van der Waals surface area contributed by atoms with Crippen LogP contribution >= 0.6 is 11.6 Å². The topological polar surface area (TPSA) is 81.8 Å². The standard InChI is InChI=1S/C22H25ClN4O3/c1-2-16-3-5-17(6-4-16)13-24-20(28)14-26-11-12-27(15-21(26)29)22(30)25-19-9-7-18(23)8-10-19/h3-10H,2,11-15H2,1H3,(H,24,28)(H,25,30). The van der Waals surface area contributed by atoms with Gasteiger partial charge in [0.2, 0.25) is 11.8 Å². The first kappa shape index (κ1) is 21.6. The van der Waals surface area contributed by atoms with Crippen LogP contribution in [0.1, 0.15) is 18.1 Å². The van der Waals surface area contributed by atoms with Gasteiger partial charge in [0, 0.05) is 30.3 Å². The van der Waals surface area contributed by atoms with E-state index in [0.717, 1.165) is 12.0 Å². The normalized spacial score (nSPS) is 13.9. The maximum absolute atomic E-state index is 12.4. The molecule has 0 aliphatic carbocycles. The average molecular weight is 429 g/mol. The third-order valence-electron chi connectivity index (χ3n) is 4.96. The van der Waals surface area contributed by atoms with Crippen LogP contribution in [0.3, 0.4) is 0 Å². The summed E-state index contributed by atoms with van der Waals surface area (Å²) in [6.45, 7) is 3.10. The van der Waals surface area contributed by atoms with Crippen LogP contribution in [0.5, 0.6) is 0 Å². The summed E-state index contributed by atoms with van der Waals surface area (Å²) in [4.78, 5) is 39.9. The highest BCUT2D eigenvalue weighted by molar-refractivity contribution is 6.30. The molecule has 4 amide bonds. The number of amides is 4. The number of rotatable bonds is 6. The SMILES string of the molecule is CCc1ccc(CNC(=O)CN2CCN(C(=O)Nc3ccc(Cl)cc3)CC2=O)cc1. The number of piperazine rings is 1. The van der Waals surface area contributed by atoms with Gasteiger partial charge in [0.1, 0.15) is 6.54 Å². The lowest BCUT2D eigenvalue weighted by molar-refractivity contribution is -0.139. The first-order chi connectivity index (χ1) is 14.4. The number of carbonyl (C=O) groups is 3. The molecule has 0 saturated carbocycles. The highest BCUT2D eigenvalue weighted by atomic mass is 35.5. The molecule has 8 heteroatoms. The predicted molar refractivity (Wildman–Crippen MR) is 116 cm³/mol. The van der Waals surface area contributed by atoms with E-state index >= 15 is 0 Å². The molecular weight excluding hydrogens is 404 g/mol. The quantitative estimate of drug-likeness (QED) is 0.742. The summed E-state index contributed by atoms with van der Waals surface area (Å²) in [7, 11) is 0. The molecule has 0 atom stereocenters. The Hall–Kier alpha value is -3.06. The fourth-order valence-electron chi connectivity index (χ4n) is 3.11. The minimum atomic E-state index is -0.356. The molecule has 1 heterocycles. The van der Waals surface area contributed by atoms with Crippen LogP contribution < -0.4 is 10.6 Å². The summed E-state index contributed by atoms with van der Waals surface area (Å²) in [6.07, 6.45) is 0.971. The first-order valence-electron chi connectivity index (χ1n) is 9.88. The maximum atomic E-state index is 12.4. The van der Waals surface area contributed by atoms with Gasteiger partial charge in [0.15, 0.2) is 0 Å². The molecule has 30 heavy (non-hydrogen) atoms. The van der Waals surface area contributed by atoms with Crippen LogP contribution in [-0.2, 0) is 22.6 Å². The fraction of sp³-hybridized carbons (Fsp3) is 0.318. The summed E-state index contributed by atoms with van der Waals surface area (Å²) in [6, 6.07) is 14.4. The molecule has 1 aliphatic rings. The lowest BCUT2D eigenvalue weighted by Gasteiger charge is -2.33. The van der Waals surface area contributed by atoms with Gasteiger partial charge < -0.3 is 20.4 Å². The number of hydrogen-bond donors (Lipinski definition) is 2. The molecule has 3 rings (SSSR count). The number of nitrogens with zero attached hydrogens (tertiary/aromatic N) is 2. The summed E-state index contributed by atoms with van der Waals surface area (Å²) in [5.74, 6) is -0.475. The Bertz CT molecular complexity index is 900. The van der Waals surface area contributed by atoms with Gasteiger partial charge in [-0.2, -0.15) is 0 Å². The van der Waals surface area contributed by atoms with Crippen molar-refractivity contribution in [2.75, 3.05) is 31.5 Å². The second-order valence-corrected chi connectivity index (χ2v) is 7.56.